The third-order valence-electron chi connectivity index (χ3n) is 9.44. The van der Waals surface area contributed by atoms with Gasteiger partial charge in [0.1, 0.15) is 23.0 Å². The van der Waals surface area contributed by atoms with Crippen molar-refractivity contribution >= 4 is 35.3 Å². The number of hydrogen-bond acceptors (Lipinski definition) is 8. The molecule has 2 aliphatic rings. The Labute approximate surface area is 284 Å². The van der Waals surface area contributed by atoms with E-state index < -0.39 is 46.4 Å². The average Bonchev–Trinajstić information content (AvgIpc) is 3.96. The number of carbonyl (C=O) groups is 4. The summed E-state index contributed by atoms with van der Waals surface area (Å²) in [6, 6.07) is 15.8. The molecule has 2 amide bonds. The Morgan fingerprint density at radius 3 is 2.25 bits per heavy atom. The van der Waals surface area contributed by atoms with Gasteiger partial charge in [-0.2, -0.15) is 0 Å². The molecule has 5 rings (SSSR count). The van der Waals surface area contributed by atoms with Crippen molar-refractivity contribution in [3.63, 3.8) is 0 Å². The molecule has 2 aromatic carbocycles. The van der Waals surface area contributed by atoms with Gasteiger partial charge >= 0.3 is 18.0 Å². The van der Waals surface area contributed by atoms with Crippen molar-refractivity contribution in [2.45, 2.75) is 88.8 Å². The summed E-state index contributed by atoms with van der Waals surface area (Å²) >= 11 is 1.15. The van der Waals surface area contributed by atoms with E-state index in [1.165, 1.54) is 14.2 Å². The van der Waals surface area contributed by atoms with E-state index in [1.54, 1.807) is 26.2 Å². The number of rotatable bonds is 12. The first-order valence-electron chi connectivity index (χ1n) is 16.1. The molecule has 2 N–H and O–H groups in total. The van der Waals surface area contributed by atoms with Gasteiger partial charge in [0, 0.05) is 35.1 Å². The van der Waals surface area contributed by atoms with Crippen LogP contribution in [0.4, 0.5) is 9.18 Å². The van der Waals surface area contributed by atoms with Crippen LogP contribution in [0.15, 0.2) is 60.0 Å². The molecule has 48 heavy (non-hydrogen) atoms. The number of benzene rings is 2. The number of methoxy groups -OCH3 is 2. The van der Waals surface area contributed by atoms with Gasteiger partial charge in [-0.25, -0.2) is 14.0 Å². The standard InChI is InChI=1S/C37H43FN2O7S/c1-7-36(32(42)45-5)19-27(36)25-16-12-11-15-23(25)17-24-21-48-29(30(24)38)18-28(39-34(44)47-35(2,3)4)31(41)40-37(33(43)46-6)20-26(37)22-13-9-8-10-14-22/h8-16,21,26-28H,7,17-20H2,1-6H3,(H,39,44)(H,40,41). The van der Waals surface area contributed by atoms with Crippen molar-refractivity contribution in [3.8, 4) is 0 Å². The van der Waals surface area contributed by atoms with E-state index in [0.29, 0.717) is 24.8 Å². The molecule has 2 saturated carbocycles. The van der Waals surface area contributed by atoms with Crippen molar-refractivity contribution in [1.82, 2.24) is 10.6 Å². The Balaban J connectivity index is 1.38. The maximum absolute atomic E-state index is 16.1. The van der Waals surface area contributed by atoms with E-state index in [2.05, 4.69) is 10.6 Å². The molecule has 5 atom stereocenters. The second kappa shape index (κ2) is 13.7. The number of halogens is 1. The highest BCUT2D eigenvalue weighted by atomic mass is 32.1. The van der Waals surface area contributed by atoms with Crippen LogP contribution in [0.1, 0.15) is 85.9 Å². The lowest BCUT2D eigenvalue weighted by atomic mass is 9.91. The van der Waals surface area contributed by atoms with Gasteiger partial charge in [-0.1, -0.05) is 61.5 Å². The van der Waals surface area contributed by atoms with E-state index in [-0.39, 0.29) is 35.5 Å². The first-order chi connectivity index (χ1) is 22.8. The zero-order valence-corrected chi connectivity index (χ0v) is 29.0. The first-order valence-corrected chi connectivity index (χ1v) is 17.0. The van der Waals surface area contributed by atoms with Crippen LogP contribution in [-0.2, 0) is 41.4 Å². The largest absolute Gasteiger partial charge is 0.469 e. The van der Waals surface area contributed by atoms with Gasteiger partial charge in [-0.15, -0.1) is 11.3 Å². The summed E-state index contributed by atoms with van der Waals surface area (Å²) in [6.07, 6.45) is 0.924. The number of amides is 2. The third kappa shape index (κ3) is 7.11. The summed E-state index contributed by atoms with van der Waals surface area (Å²) in [4.78, 5) is 52.6. The van der Waals surface area contributed by atoms with Crippen LogP contribution >= 0.6 is 11.3 Å². The van der Waals surface area contributed by atoms with E-state index in [4.69, 9.17) is 14.2 Å². The van der Waals surface area contributed by atoms with E-state index >= 15 is 4.39 Å². The monoisotopic (exact) mass is 678 g/mol. The van der Waals surface area contributed by atoms with E-state index in [0.717, 1.165) is 28.0 Å². The molecule has 1 aromatic heterocycles. The van der Waals surface area contributed by atoms with Crippen LogP contribution in [0.25, 0.3) is 0 Å². The highest BCUT2D eigenvalue weighted by Crippen LogP contribution is 2.62. The number of ether oxygens (including phenoxy) is 3. The van der Waals surface area contributed by atoms with Crippen molar-refractivity contribution in [2.75, 3.05) is 14.2 Å². The average molecular weight is 679 g/mol. The number of carbonyl (C=O) groups excluding carboxylic acids is 4. The van der Waals surface area contributed by atoms with Crippen LogP contribution < -0.4 is 10.6 Å². The molecule has 3 aromatic rings. The molecular formula is C37H43FN2O7S. The summed E-state index contributed by atoms with van der Waals surface area (Å²) in [6.45, 7) is 7.06. The topological polar surface area (TPSA) is 120 Å². The zero-order valence-electron chi connectivity index (χ0n) is 28.2. The Morgan fingerprint density at radius 1 is 0.938 bits per heavy atom. The fourth-order valence-corrected chi connectivity index (χ4v) is 7.67. The lowest BCUT2D eigenvalue weighted by Gasteiger charge is -2.25. The number of hydrogen-bond donors (Lipinski definition) is 2. The number of alkyl carbamates (subject to hydrolysis) is 1. The Morgan fingerprint density at radius 2 is 1.60 bits per heavy atom. The van der Waals surface area contributed by atoms with E-state index in [9.17, 15) is 19.2 Å². The third-order valence-corrected chi connectivity index (χ3v) is 10.5. The minimum atomic E-state index is -1.31. The van der Waals surface area contributed by atoms with Gasteiger partial charge < -0.3 is 24.8 Å². The molecule has 9 nitrogen and oxygen atoms in total. The highest BCUT2D eigenvalue weighted by Gasteiger charge is 2.63. The Kier molecular flexibility index (Phi) is 10.0. The molecule has 2 fully saturated rings. The second-order valence-electron chi connectivity index (χ2n) is 13.7. The first kappa shape index (κ1) is 35.1. The molecule has 256 valence electrons. The molecule has 0 radical (unpaired) electrons. The van der Waals surface area contributed by atoms with Gasteiger partial charge in [0.2, 0.25) is 5.91 Å². The quantitative estimate of drug-likeness (QED) is 0.173. The number of thiophene rings is 1. The lowest BCUT2D eigenvalue weighted by molar-refractivity contribution is -0.147. The fraction of sp³-hybridized carbons (Fsp3) is 0.459. The van der Waals surface area contributed by atoms with Crippen LogP contribution in [0.3, 0.4) is 0 Å². The summed E-state index contributed by atoms with van der Waals surface area (Å²) in [5.74, 6) is -2.29. The van der Waals surface area contributed by atoms with Crippen LogP contribution in [-0.4, -0.2) is 55.3 Å². The maximum atomic E-state index is 16.1. The minimum Gasteiger partial charge on any atom is -0.469 e. The summed E-state index contributed by atoms with van der Waals surface area (Å²) in [5.41, 5.74) is 0.482. The van der Waals surface area contributed by atoms with Crippen molar-refractivity contribution in [3.05, 3.63) is 92.9 Å². The van der Waals surface area contributed by atoms with Crippen molar-refractivity contribution in [1.29, 1.82) is 0 Å². The maximum Gasteiger partial charge on any atom is 0.408 e. The van der Waals surface area contributed by atoms with Gasteiger partial charge in [0.05, 0.1) is 19.6 Å². The Hall–Kier alpha value is -4.25. The molecular weight excluding hydrogens is 635 g/mol. The molecule has 0 spiro atoms. The van der Waals surface area contributed by atoms with Crippen LogP contribution in [0.2, 0.25) is 0 Å². The Bertz CT molecular complexity index is 1690. The molecule has 2 aliphatic carbocycles. The van der Waals surface area contributed by atoms with Crippen molar-refractivity contribution in [2.24, 2.45) is 5.41 Å². The number of nitrogens with one attached hydrogen (secondary N) is 2. The summed E-state index contributed by atoms with van der Waals surface area (Å²) in [5, 5.41) is 7.16. The van der Waals surface area contributed by atoms with Gasteiger partial charge in [-0.3, -0.25) is 9.59 Å². The van der Waals surface area contributed by atoms with Crippen LogP contribution in [0.5, 0.6) is 0 Å². The highest BCUT2D eigenvalue weighted by molar-refractivity contribution is 7.10. The molecule has 1 heterocycles. The predicted molar refractivity (Wildman–Crippen MR) is 179 cm³/mol. The molecule has 0 bridgehead atoms. The van der Waals surface area contributed by atoms with Crippen molar-refractivity contribution < 1.29 is 37.8 Å². The minimum absolute atomic E-state index is 0.0114. The predicted octanol–water partition coefficient (Wildman–Crippen LogP) is 6.19. The molecule has 11 heteroatoms. The summed E-state index contributed by atoms with van der Waals surface area (Å²) in [7, 11) is 2.66. The zero-order chi connectivity index (χ0) is 34.9. The molecule has 0 saturated heterocycles. The normalized spacial score (nSPS) is 23.4. The van der Waals surface area contributed by atoms with Gasteiger partial charge in [0.15, 0.2) is 0 Å². The van der Waals surface area contributed by atoms with E-state index in [1.807, 2.05) is 61.5 Å². The second-order valence-corrected chi connectivity index (χ2v) is 14.6. The van der Waals surface area contributed by atoms with Gasteiger partial charge in [0.25, 0.3) is 0 Å². The summed E-state index contributed by atoms with van der Waals surface area (Å²) < 4.78 is 31.7. The fourth-order valence-electron chi connectivity index (χ4n) is 6.70. The lowest BCUT2D eigenvalue weighted by Crippen LogP contribution is -2.55. The molecule has 0 aliphatic heterocycles. The van der Waals surface area contributed by atoms with Gasteiger partial charge in [-0.05, 0) is 62.1 Å². The number of esters is 2. The molecule has 5 unspecified atom stereocenters. The van der Waals surface area contributed by atoms with Crippen LogP contribution in [0, 0.1) is 11.2 Å². The SMILES string of the molecule is CCC1(C(=O)OC)CC1c1ccccc1Cc1csc(CC(NC(=O)OC(C)(C)C)C(=O)NC2(C(=O)OC)CC2c2ccccc2)c1F. The smallest absolute Gasteiger partial charge is 0.408 e.